The fraction of sp³-hybridized carbons (Fsp3) is 0.375. The Morgan fingerprint density at radius 2 is 2.14 bits per heavy atom. The molecule has 1 aromatic carbocycles. The molecule has 0 saturated carbocycles. The van der Waals surface area contributed by atoms with Gasteiger partial charge in [-0.3, -0.25) is 4.90 Å². The standard InChI is InChI=1S/C16H20N4O/c1-21-16-9-15(17-12-18-16)19-14-7-8-20(11-14)10-13-5-3-2-4-6-13/h2-6,9,12,14H,7-8,10-11H2,1H3,(H,17,18,19)/t14-/m1/s1. The van der Waals surface area contributed by atoms with Gasteiger partial charge in [0.2, 0.25) is 5.88 Å². The number of aromatic nitrogens is 2. The van der Waals surface area contributed by atoms with Gasteiger partial charge in [0.25, 0.3) is 0 Å². The molecule has 1 aliphatic heterocycles. The Labute approximate surface area is 125 Å². The number of likely N-dealkylation sites (tertiary alicyclic amines) is 1. The molecular weight excluding hydrogens is 264 g/mol. The molecule has 2 heterocycles. The topological polar surface area (TPSA) is 50.3 Å². The van der Waals surface area contributed by atoms with Crippen molar-refractivity contribution in [3.63, 3.8) is 0 Å². The van der Waals surface area contributed by atoms with Gasteiger partial charge in [-0.25, -0.2) is 9.97 Å². The van der Waals surface area contributed by atoms with Gasteiger partial charge >= 0.3 is 0 Å². The van der Waals surface area contributed by atoms with Crippen LogP contribution in [0.25, 0.3) is 0 Å². The monoisotopic (exact) mass is 284 g/mol. The van der Waals surface area contributed by atoms with E-state index in [1.165, 1.54) is 11.9 Å². The lowest BCUT2D eigenvalue weighted by Crippen LogP contribution is -2.26. The number of nitrogens with zero attached hydrogens (tertiary/aromatic N) is 3. The van der Waals surface area contributed by atoms with Crippen LogP contribution in [0.3, 0.4) is 0 Å². The largest absolute Gasteiger partial charge is 0.481 e. The van der Waals surface area contributed by atoms with Crippen molar-refractivity contribution in [2.24, 2.45) is 0 Å². The van der Waals surface area contributed by atoms with Gasteiger partial charge in [-0.2, -0.15) is 0 Å². The van der Waals surface area contributed by atoms with Crippen molar-refractivity contribution >= 4 is 5.82 Å². The third-order valence-electron chi connectivity index (χ3n) is 3.72. The fourth-order valence-electron chi connectivity index (χ4n) is 2.67. The quantitative estimate of drug-likeness (QED) is 0.912. The van der Waals surface area contributed by atoms with Crippen molar-refractivity contribution in [2.75, 3.05) is 25.5 Å². The number of benzene rings is 1. The number of ether oxygens (including phenoxy) is 1. The Hall–Kier alpha value is -2.14. The highest BCUT2D eigenvalue weighted by atomic mass is 16.5. The number of rotatable bonds is 5. The second-order valence-electron chi connectivity index (χ2n) is 5.30. The van der Waals surface area contributed by atoms with Gasteiger partial charge in [-0.15, -0.1) is 0 Å². The molecular formula is C16H20N4O. The van der Waals surface area contributed by atoms with Crippen LogP contribution in [0.1, 0.15) is 12.0 Å². The molecule has 110 valence electrons. The Balaban J connectivity index is 1.54. The molecule has 5 nitrogen and oxygen atoms in total. The van der Waals surface area contributed by atoms with E-state index in [-0.39, 0.29) is 0 Å². The summed E-state index contributed by atoms with van der Waals surface area (Å²) in [6, 6.07) is 12.8. The van der Waals surface area contributed by atoms with Crippen molar-refractivity contribution in [2.45, 2.75) is 19.0 Å². The molecule has 21 heavy (non-hydrogen) atoms. The summed E-state index contributed by atoms with van der Waals surface area (Å²) in [6.07, 6.45) is 2.65. The lowest BCUT2D eigenvalue weighted by atomic mass is 10.2. The average Bonchev–Trinajstić information content (AvgIpc) is 2.95. The van der Waals surface area contributed by atoms with E-state index in [0.29, 0.717) is 11.9 Å². The van der Waals surface area contributed by atoms with Crippen molar-refractivity contribution in [3.8, 4) is 5.88 Å². The minimum absolute atomic E-state index is 0.424. The lowest BCUT2D eigenvalue weighted by Gasteiger charge is -2.17. The fourth-order valence-corrected chi connectivity index (χ4v) is 2.67. The molecule has 0 radical (unpaired) electrons. The number of hydrogen-bond acceptors (Lipinski definition) is 5. The van der Waals surface area contributed by atoms with E-state index >= 15 is 0 Å². The van der Waals surface area contributed by atoms with Crippen LogP contribution in [-0.4, -0.2) is 41.1 Å². The molecule has 1 aromatic heterocycles. The number of hydrogen-bond donors (Lipinski definition) is 1. The average molecular weight is 284 g/mol. The third kappa shape index (κ3) is 3.70. The molecule has 5 heteroatoms. The molecule has 2 aromatic rings. The first-order chi connectivity index (χ1) is 10.3. The molecule has 0 amide bonds. The Kier molecular flexibility index (Phi) is 4.31. The minimum Gasteiger partial charge on any atom is -0.481 e. The highest BCUT2D eigenvalue weighted by Crippen LogP contribution is 2.18. The van der Waals surface area contributed by atoms with Crippen LogP contribution < -0.4 is 10.1 Å². The highest BCUT2D eigenvalue weighted by Gasteiger charge is 2.22. The summed E-state index contributed by atoms with van der Waals surface area (Å²) in [6.45, 7) is 3.14. The Morgan fingerprint density at radius 3 is 2.95 bits per heavy atom. The van der Waals surface area contributed by atoms with E-state index in [0.717, 1.165) is 31.9 Å². The SMILES string of the molecule is COc1cc(N[C@@H]2CCN(Cc3ccccc3)C2)ncn1. The van der Waals surface area contributed by atoms with E-state index in [9.17, 15) is 0 Å². The van der Waals surface area contributed by atoms with Gasteiger partial charge in [0.1, 0.15) is 12.1 Å². The van der Waals surface area contributed by atoms with E-state index in [2.05, 4.69) is 50.5 Å². The second-order valence-corrected chi connectivity index (χ2v) is 5.30. The van der Waals surface area contributed by atoms with Crippen LogP contribution in [0.15, 0.2) is 42.7 Å². The molecule has 1 aliphatic rings. The van der Waals surface area contributed by atoms with Gasteiger partial charge in [0, 0.05) is 31.7 Å². The van der Waals surface area contributed by atoms with Gasteiger partial charge < -0.3 is 10.1 Å². The molecule has 1 N–H and O–H groups in total. The summed E-state index contributed by atoms with van der Waals surface area (Å²) < 4.78 is 5.12. The van der Waals surface area contributed by atoms with Crippen molar-refractivity contribution in [1.82, 2.24) is 14.9 Å². The van der Waals surface area contributed by atoms with E-state index < -0.39 is 0 Å². The summed E-state index contributed by atoms with van der Waals surface area (Å²) >= 11 is 0. The maximum Gasteiger partial charge on any atom is 0.218 e. The molecule has 1 atom stereocenters. The predicted molar refractivity (Wildman–Crippen MR) is 82.3 cm³/mol. The summed E-state index contributed by atoms with van der Waals surface area (Å²) in [5.41, 5.74) is 1.36. The molecule has 1 saturated heterocycles. The summed E-state index contributed by atoms with van der Waals surface area (Å²) in [7, 11) is 1.61. The molecule has 0 spiro atoms. The van der Waals surface area contributed by atoms with Crippen LogP contribution in [-0.2, 0) is 6.54 Å². The minimum atomic E-state index is 0.424. The van der Waals surface area contributed by atoms with Gasteiger partial charge in [0.05, 0.1) is 7.11 Å². The van der Waals surface area contributed by atoms with Crippen molar-refractivity contribution < 1.29 is 4.74 Å². The molecule has 1 fully saturated rings. The third-order valence-corrected chi connectivity index (χ3v) is 3.72. The first kappa shape index (κ1) is 13.8. The van der Waals surface area contributed by atoms with Crippen LogP contribution in [0.5, 0.6) is 5.88 Å². The Bertz CT molecular complexity index is 575. The maximum absolute atomic E-state index is 5.12. The molecule has 3 rings (SSSR count). The van der Waals surface area contributed by atoms with Crippen molar-refractivity contribution in [1.29, 1.82) is 0 Å². The zero-order valence-electron chi connectivity index (χ0n) is 12.2. The first-order valence-electron chi connectivity index (χ1n) is 7.22. The first-order valence-corrected chi connectivity index (χ1v) is 7.22. The number of nitrogens with one attached hydrogen (secondary N) is 1. The zero-order valence-corrected chi connectivity index (χ0v) is 12.2. The van der Waals surface area contributed by atoms with E-state index in [1.807, 2.05) is 6.07 Å². The Morgan fingerprint density at radius 1 is 1.29 bits per heavy atom. The smallest absolute Gasteiger partial charge is 0.218 e. The summed E-state index contributed by atoms with van der Waals surface area (Å²) in [5.74, 6) is 1.42. The second kappa shape index (κ2) is 6.54. The van der Waals surface area contributed by atoms with Gasteiger partial charge in [-0.1, -0.05) is 30.3 Å². The predicted octanol–water partition coefficient (Wildman–Crippen LogP) is 2.17. The van der Waals surface area contributed by atoms with Crippen LogP contribution in [0.2, 0.25) is 0 Å². The van der Waals surface area contributed by atoms with Gasteiger partial charge in [-0.05, 0) is 12.0 Å². The highest BCUT2D eigenvalue weighted by molar-refractivity contribution is 5.38. The van der Waals surface area contributed by atoms with Gasteiger partial charge in [0.15, 0.2) is 0 Å². The molecule has 0 bridgehead atoms. The van der Waals surface area contributed by atoms with Crippen molar-refractivity contribution in [3.05, 3.63) is 48.3 Å². The van der Waals surface area contributed by atoms with E-state index in [4.69, 9.17) is 4.74 Å². The molecule has 0 aliphatic carbocycles. The maximum atomic E-state index is 5.12. The zero-order chi connectivity index (χ0) is 14.5. The summed E-state index contributed by atoms with van der Waals surface area (Å²) in [4.78, 5) is 10.7. The van der Waals surface area contributed by atoms with E-state index in [1.54, 1.807) is 7.11 Å². The van der Waals surface area contributed by atoms with Crippen LogP contribution >= 0.6 is 0 Å². The molecule has 0 unspecified atom stereocenters. The van der Waals surface area contributed by atoms with Crippen LogP contribution in [0, 0.1) is 0 Å². The normalized spacial score (nSPS) is 18.6. The number of methoxy groups -OCH3 is 1. The lowest BCUT2D eigenvalue weighted by molar-refractivity contribution is 0.328. The number of anilines is 1. The summed E-state index contributed by atoms with van der Waals surface area (Å²) in [5, 5.41) is 3.46. The van der Waals surface area contributed by atoms with Crippen LogP contribution in [0.4, 0.5) is 5.82 Å².